The van der Waals surface area contributed by atoms with Gasteiger partial charge in [-0.05, 0) is 76.8 Å². The molecule has 2 heterocycles. The number of rotatable bonds is 9. The summed E-state index contributed by atoms with van der Waals surface area (Å²) in [7, 11) is 0.875. The third-order valence-corrected chi connectivity index (χ3v) is 14.3. The minimum absolute atomic E-state index is 0.0580. The SMILES string of the molecule is COc1cc([C@@H]2c3cc4c(cc3[C@@H](NC(=O)OCCc3ccc(F)cc3)[C@H]3COC(=O)[C@H]23)OCO4)cc(OC)c1O[Si](C)(C)C(C)(C)C. The Balaban J connectivity index is 1.37. The quantitative estimate of drug-likeness (QED) is 0.191. The highest BCUT2D eigenvalue weighted by Gasteiger charge is 2.53. The number of ether oxygens (including phenoxy) is 6. The van der Waals surface area contributed by atoms with Gasteiger partial charge in [0.2, 0.25) is 6.79 Å². The molecule has 1 amide bonds. The monoisotopic (exact) mass is 679 g/mol. The van der Waals surface area contributed by atoms with E-state index in [1.165, 1.54) is 12.1 Å². The summed E-state index contributed by atoms with van der Waals surface area (Å²) >= 11 is 0. The van der Waals surface area contributed by atoms with E-state index in [-0.39, 0.29) is 36.8 Å². The maximum atomic E-state index is 13.6. The van der Waals surface area contributed by atoms with Crippen LogP contribution in [0.1, 0.15) is 55.0 Å². The first-order chi connectivity index (χ1) is 22.8. The molecule has 1 fully saturated rings. The number of halogens is 1. The Morgan fingerprint density at radius 1 is 0.958 bits per heavy atom. The first-order valence-corrected chi connectivity index (χ1v) is 18.9. The molecule has 0 radical (unpaired) electrons. The Hall–Kier alpha value is -4.45. The number of carbonyl (C=O) groups is 2. The molecule has 0 aromatic heterocycles. The van der Waals surface area contributed by atoms with Crippen LogP contribution in [0.3, 0.4) is 0 Å². The van der Waals surface area contributed by atoms with Gasteiger partial charge in [-0.1, -0.05) is 32.9 Å². The van der Waals surface area contributed by atoms with Crippen molar-refractivity contribution in [2.24, 2.45) is 11.8 Å². The molecule has 3 aromatic rings. The van der Waals surface area contributed by atoms with E-state index in [1.807, 2.05) is 24.3 Å². The minimum Gasteiger partial charge on any atom is -0.539 e. The molecule has 4 atom stereocenters. The summed E-state index contributed by atoms with van der Waals surface area (Å²) in [6.45, 7) is 11.0. The van der Waals surface area contributed by atoms with Gasteiger partial charge in [0, 0.05) is 18.3 Å². The Morgan fingerprint density at radius 3 is 2.19 bits per heavy atom. The van der Waals surface area contributed by atoms with Crippen molar-refractivity contribution in [3.8, 4) is 28.7 Å². The molecular weight excluding hydrogens is 637 g/mol. The summed E-state index contributed by atoms with van der Waals surface area (Å²) in [4.78, 5) is 26.8. The number of hydrogen-bond donors (Lipinski definition) is 1. The van der Waals surface area contributed by atoms with Gasteiger partial charge >= 0.3 is 12.1 Å². The predicted octanol–water partition coefficient (Wildman–Crippen LogP) is 6.90. The Bertz CT molecular complexity index is 1680. The van der Waals surface area contributed by atoms with E-state index in [0.29, 0.717) is 35.2 Å². The van der Waals surface area contributed by atoms with E-state index < -0.39 is 38.2 Å². The van der Waals surface area contributed by atoms with E-state index >= 15 is 0 Å². The second kappa shape index (κ2) is 12.9. The number of cyclic esters (lactones) is 1. The van der Waals surface area contributed by atoms with Crippen LogP contribution in [0, 0.1) is 17.7 Å². The fourth-order valence-corrected chi connectivity index (χ4v) is 7.44. The topological polar surface area (TPSA) is 111 Å². The highest BCUT2D eigenvalue weighted by molar-refractivity contribution is 6.74. The second-order valence-corrected chi connectivity index (χ2v) is 18.6. The molecule has 1 saturated heterocycles. The zero-order valence-corrected chi connectivity index (χ0v) is 29.3. The average molecular weight is 680 g/mol. The molecule has 0 saturated carbocycles. The van der Waals surface area contributed by atoms with Crippen molar-refractivity contribution in [1.29, 1.82) is 0 Å². The van der Waals surface area contributed by atoms with Crippen molar-refractivity contribution >= 4 is 20.4 Å². The lowest BCUT2D eigenvalue weighted by molar-refractivity contribution is -0.141. The molecule has 10 nitrogen and oxygen atoms in total. The normalized spacial score (nSPS) is 21.1. The summed E-state index contributed by atoms with van der Waals surface area (Å²) < 4.78 is 54.5. The Kier molecular flexibility index (Phi) is 8.97. The number of carbonyl (C=O) groups excluding carboxylic acids is 2. The van der Waals surface area contributed by atoms with Crippen LogP contribution in [0.5, 0.6) is 28.7 Å². The van der Waals surface area contributed by atoms with Crippen LogP contribution in [0.15, 0.2) is 48.5 Å². The summed E-state index contributed by atoms with van der Waals surface area (Å²) in [6.07, 6.45) is -0.222. The molecule has 0 spiro atoms. The van der Waals surface area contributed by atoms with Gasteiger partial charge < -0.3 is 38.2 Å². The van der Waals surface area contributed by atoms with Crippen molar-refractivity contribution < 1.29 is 46.8 Å². The van der Waals surface area contributed by atoms with Crippen LogP contribution in [-0.4, -0.2) is 54.6 Å². The van der Waals surface area contributed by atoms with Crippen LogP contribution < -0.4 is 28.7 Å². The van der Waals surface area contributed by atoms with Crippen molar-refractivity contribution in [2.75, 3.05) is 34.2 Å². The lowest BCUT2D eigenvalue weighted by atomic mass is 9.65. The van der Waals surface area contributed by atoms with Gasteiger partial charge in [-0.3, -0.25) is 4.79 Å². The van der Waals surface area contributed by atoms with Gasteiger partial charge in [0.05, 0.1) is 39.4 Å². The third kappa shape index (κ3) is 6.25. The summed E-state index contributed by atoms with van der Waals surface area (Å²) in [6, 6.07) is 12.9. The summed E-state index contributed by atoms with van der Waals surface area (Å²) in [5.74, 6) is 0.323. The average Bonchev–Trinajstić information content (AvgIpc) is 3.66. The maximum Gasteiger partial charge on any atom is 0.407 e. The Labute approximate surface area is 280 Å². The van der Waals surface area contributed by atoms with Crippen LogP contribution in [0.2, 0.25) is 18.1 Å². The minimum atomic E-state index is -2.29. The number of benzene rings is 3. The number of esters is 1. The molecule has 256 valence electrons. The second-order valence-electron chi connectivity index (χ2n) is 13.9. The Morgan fingerprint density at radius 2 is 1.58 bits per heavy atom. The fourth-order valence-electron chi connectivity index (χ4n) is 6.42. The zero-order chi connectivity index (χ0) is 34.4. The first-order valence-electron chi connectivity index (χ1n) is 16.0. The van der Waals surface area contributed by atoms with Crippen LogP contribution >= 0.6 is 0 Å². The number of alkyl carbamates (subject to hydrolysis) is 1. The van der Waals surface area contributed by atoms with Gasteiger partial charge in [0.25, 0.3) is 8.32 Å². The van der Waals surface area contributed by atoms with Gasteiger partial charge in [0.15, 0.2) is 28.7 Å². The number of methoxy groups -OCH3 is 2. The molecule has 0 bridgehead atoms. The fraction of sp³-hybridized carbons (Fsp3) is 0.444. The van der Waals surface area contributed by atoms with Gasteiger partial charge in [0.1, 0.15) is 5.82 Å². The highest BCUT2D eigenvalue weighted by Crippen LogP contribution is 2.56. The number of fused-ring (bicyclic) bond motifs is 3. The molecule has 1 aliphatic carbocycles. The molecule has 6 rings (SSSR count). The van der Waals surface area contributed by atoms with Gasteiger partial charge in [-0.25, -0.2) is 9.18 Å². The van der Waals surface area contributed by atoms with Crippen LogP contribution in [-0.2, 0) is 20.7 Å². The lowest BCUT2D eigenvalue weighted by Crippen LogP contribution is -2.44. The molecule has 2 aliphatic heterocycles. The maximum absolute atomic E-state index is 13.6. The van der Waals surface area contributed by atoms with E-state index in [0.717, 1.165) is 22.3 Å². The number of hydrogen-bond acceptors (Lipinski definition) is 9. The van der Waals surface area contributed by atoms with E-state index in [2.05, 4.69) is 39.2 Å². The van der Waals surface area contributed by atoms with Crippen molar-refractivity contribution in [2.45, 2.75) is 57.3 Å². The van der Waals surface area contributed by atoms with Crippen molar-refractivity contribution in [3.63, 3.8) is 0 Å². The largest absolute Gasteiger partial charge is 0.539 e. The molecule has 12 heteroatoms. The number of amides is 1. The summed E-state index contributed by atoms with van der Waals surface area (Å²) in [5.41, 5.74) is 3.14. The van der Waals surface area contributed by atoms with Crippen LogP contribution in [0.4, 0.5) is 9.18 Å². The van der Waals surface area contributed by atoms with Crippen molar-refractivity contribution in [1.82, 2.24) is 5.32 Å². The molecular formula is C36H42FNO9Si. The third-order valence-electron chi connectivity index (χ3n) is 10.0. The number of nitrogens with one attached hydrogen (secondary N) is 1. The molecule has 1 N–H and O–H groups in total. The molecule has 48 heavy (non-hydrogen) atoms. The van der Waals surface area contributed by atoms with Crippen LogP contribution in [0.25, 0.3) is 0 Å². The first kappa shape index (κ1) is 33.4. The summed E-state index contributed by atoms with van der Waals surface area (Å²) in [5, 5.41) is 2.93. The standard InChI is InChI=1S/C36H42FNO9Si/c1-36(2,3)48(6,7)47-33-28(41-4)14-21(15-29(33)42-5)30-23-16-26-27(46-19-45-26)17-24(23)32(25-18-44-34(39)31(25)30)38-35(40)43-13-12-20-8-10-22(37)11-9-20/h8-11,14-17,25,30-32H,12-13,18-19H2,1-7H3,(H,38,40)/t25-,30+,31-,32+/m0/s1. The molecule has 3 aliphatic rings. The van der Waals surface area contributed by atoms with E-state index in [1.54, 1.807) is 26.4 Å². The van der Waals surface area contributed by atoms with Gasteiger partial charge in [-0.2, -0.15) is 0 Å². The zero-order valence-electron chi connectivity index (χ0n) is 28.3. The predicted molar refractivity (Wildman–Crippen MR) is 177 cm³/mol. The van der Waals surface area contributed by atoms with Crippen molar-refractivity contribution in [3.05, 3.63) is 76.6 Å². The van der Waals surface area contributed by atoms with E-state index in [9.17, 15) is 14.0 Å². The highest BCUT2D eigenvalue weighted by atomic mass is 28.4. The lowest BCUT2D eigenvalue weighted by Gasteiger charge is -2.40. The van der Waals surface area contributed by atoms with E-state index in [4.69, 9.17) is 32.8 Å². The smallest absolute Gasteiger partial charge is 0.407 e. The molecule has 0 unspecified atom stereocenters. The molecule has 3 aromatic carbocycles. The van der Waals surface area contributed by atoms with Gasteiger partial charge in [-0.15, -0.1) is 0 Å².